The fourth-order valence-corrected chi connectivity index (χ4v) is 4.42. The summed E-state index contributed by atoms with van der Waals surface area (Å²) in [7, 11) is 0. The van der Waals surface area contributed by atoms with E-state index in [2.05, 4.69) is 4.98 Å². The zero-order valence-corrected chi connectivity index (χ0v) is 16.2. The Balaban J connectivity index is 1.54. The lowest BCUT2D eigenvalue weighted by molar-refractivity contribution is -0.00909. The number of amides is 1. The fourth-order valence-electron chi connectivity index (χ4n) is 4.22. The van der Waals surface area contributed by atoms with Crippen molar-refractivity contribution in [3.8, 4) is 5.75 Å². The van der Waals surface area contributed by atoms with Gasteiger partial charge in [-0.3, -0.25) is 9.78 Å². The van der Waals surface area contributed by atoms with Crippen LogP contribution in [0.5, 0.6) is 5.75 Å². The van der Waals surface area contributed by atoms with Gasteiger partial charge in [0.25, 0.3) is 5.91 Å². The van der Waals surface area contributed by atoms with Crippen molar-refractivity contribution in [1.82, 2.24) is 9.88 Å². The number of nitrogens with zero attached hydrogens (tertiary/aromatic N) is 2. The summed E-state index contributed by atoms with van der Waals surface area (Å²) < 4.78 is 25.2. The molecule has 7 heteroatoms. The van der Waals surface area contributed by atoms with Crippen LogP contribution in [0, 0.1) is 17.2 Å². The van der Waals surface area contributed by atoms with Gasteiger partial charge in [-0.05, 0) is 43.2 Å². The molecule has 0 N–H and O–H groups in total. The molecule has 148 valence electrons. The zero-order valence-electron chi connectivity index (χ0n) is 15.4. The molecule has 1 amide bonds. The van der Waals surface area contributed by atoms with Crippen LogP contribution in [0.3, 0.4) is 0 Å². The van der Waals surface area contributed by atoms with Crippen molar-refractivity contribution in [2.24, 2.45) is 11.3 Å². The Kier molecular flexibility index (Phi) is 5.51. The summed E-state index contributed by atoms with van der Waals surface area (Å²) in [6.07, 6.45) is 5.13. The van der Waals surface area contributed by atoms with Crippen molar-refractivity contribution in [1.29, 1.82) is 0 Å². The smallest absolute Gasteiger partial charge is 0.255 e. The molecule has 0 bridgehead atoms. The Morgan fingerprint density at radius 1 is 1.29 bits per heavy atom. The molecule has 0 saturated carbocycles. The third-order valence-electron chi connectivity index (χ3n) is 5.85. The van der Waals surface area contributed by atoms with Crippen molar-refractivity contribution >= 4 is 17.5 Å². The molecule has 0 radical (unpaired) electrons. The summed E-state index contributed by atoms with van der Waals surface area (Å²) in [6.45, 7) is 3.01. The van der Waals surface area contributed by atoms with Gasteiger partial charge in [0.2, 0.25) is 0 Å². The predicted octanol–water partition coefficient (Wildman–Crippen LogP) is 3.82. The topological polar surface area (TPSA) is 51.7 Å². The number of rotatable bonds is 4. The predicted molar refractivity (Wildman–Crippen MR) is 103 cm³/mol. The highest BCUT2D eigenvalue weighted by molar-refractivity contribution is 6.33. The summed E-state index contributed by atoms with van der Waals surface area (Å²) in [5, 5.41) is 0.268. The first-order valence-corrected chi connectivity index (χ1v) is 9.80. The van der Waals surface area contributed by atoms with E-state index in [9.17, 15) is 9.18 Å². The van der Waals surface area contributed by atoms with E-state index >= 15 is 0 Å². The van der Waals surface area contributed by atoms with Gasteiger partial charge in [0.1, 0.15) is 11.6 Å². The molecule has 4 rings (SSSR count). The van der Waals surface area contributed by atoms with E-state index in [4.69, 9.17) is 21.1 Å². The maximum absolute atomic E-state index is 13.7. The van der Waals surface area contributed by atoms with Gasteiger partial charge in [-0.2, -0.15) is 0 Å². The van der Waals surface area contributed by atoms with E-state index in [0.29, 0.717) is 32.9 Å². The minimum Gasteiger partial charge on any atom is -0.493 e. The summed E-state index contributed by atoms with van der Waals surface area (Å²) in [4.78, 5) is 18.8. The van der Waals surface area contributed by atoms with E-state index < -0.39 is 5.82 Å². The van der Waals surface area contributed by atoms with Crippen molar-refractivity contribution < 1.29 is 18.7 Å². The quantitative estimate of drug-likeness (QED) is 0.777. The summed E-state index contributed by atoms with van der Waals surface area (Å²) in [5.74, 6) is 0.225. The molecule has 1 spiro atoms. The molecular weight excluding hydrogens is 383 g/mol. The summed E-state index contributed by atoms with van der Waals surface area (Å²) in [6, 6.07) is 7.53. The number of ether oxygens (including phenoxy) is 2. The molecule has 3 heterocycles. The maximum atomic E-state index is 13.7. The van der Waals surface area contributed by atoms with Gasteiger partial charge < -0.3 is 14.4 Å². The van der Waals surface area contributed by atoms with E-state index in [0.717, 1.165) is 18.6 Å². The normalized spacial score (nSPS) is 21.1. The van der Waals surface area contributed by atoms with Crippen LogP contribution >= 0.6 is 11.6 Å². The highest BCUT2D eigenvalue weighted by Gasteiger charge is 2.49. The molecule has 1 aromatic carbocycles. The SMILES string of the molecule is O=C(c1cc(F)ccc1Cl)N1CC(COc2ccncc2)C2(CCOCC2)C1. The lowest BCUT2D eigenvalue weighted by Crippen LogP contribution is -2.39. The zero-order chi connectivity index (χ0) is 19.6. The van der Waals surface area contributed by atoms with E-state index in [1.807, 2.05) is 12.1 Å². The number of benzene rings is 1. The van der Waals surface area contributed by atoms with Gasteiger partial charge in [-0.25, -0.2) is 4.39 Å². The molecule has 0 aliphatic carbocycles. The van der Waals surface area contributed by atoms with Crippen molar-refractivity contribution in [3.63, 3.8) is 0 Å². The lowest BCUT2D eigenvalue weighted by atomic mass is 9.72. The average molecular weight is 405 g/mol. The number of carbonyl (C=O) groups is 1. The minimum atomic E-state index is -0.467. The molecule has 2 aromatic rings. The number of halogens is 2. The highest BCUT2D eigenvalue weighted by atomic mass is 35.5. The highest BCUT2D eigenvalue weighted by Crippen LogP contribution is 2.45. The summed E-state index contributed by atoms with van der Waals surface area (Å²) in [5.41, 5.74) is 0.153. The largest absolute Gasteiger partial charge is 0.493 e. The second-order valence-electron chi connectivity index (χ2n) is 7.48. The van der Waals surface area contributed by atoms with Crippen LogP contribution in [0.1, 0.15) is 23.2 Å². The van der Waals surface area contributed by atoms with Gasteiger partial charge in [-0.15, -0.1) is 0 Å². The number of pyridine rings is 1. The first-order chi connectivity index (χ1) is 13.6. The summed E-state index contributed by atoms with van der Waals surface area (Å²) >= 11 is 6.16. The van der Waals surface area contributed by atoms with Gasteiger partial charge in [0.15, 0.2) is 0 Å². The van der Waals surface area contributed by atoms with Gasteiger partial charge in [-0.1, -0.05) is 11.6 Å². The van der Waals surface area contributed by atoms with E-state index in [1.54, 1.807) is 17.3 Å². The number of aromatic nitrogens is 1. The van der Waals surface area contributed by atoms with Crippen LogP contribution in [0.4, 0.5) is 4.39 Å². The van der Waals surface area contributed by atoms with Crippen molar-refractivity contribution in [2.75, 3.05) is 32.9 Å². The lowest BCUT2D eigenvalue weighted by Gasteiger charge is -2.37. The minimum absolute atomic E-state index is 0.0548. The van der Waals surface area contributed by atoms with Crippen LogP contribution < -0.4 is 4.74 Å². The molecule has 5 nitrogen and oxygen atoms in total. The van der Waals surface area contributed by atoms with Crippen LogP contribution in [-0.4, -0.2) is 48.7 Å². The van der Waals surface area contributed by atoms with E-state index in [-0.39, 0.29) is 27.8 Å². The molecule has 2 fully saturated rings. The first-order valence-electron chi connectivity index (χ1n) is 9.42. The molecule has 28 heavy (non-hydrogen) atoms. The third-order valence-corrected chi connectivity index (χ3v) is 6.18. The second-order valence-corrected chi connectivity index (χ2v) is 7.88. The van der Waals surface area contributed by atoms with Crippen molar-refractivity contribution in [3.05, 3.63) is 59.1 Å². The Labute approximate surface area is 168 Å². The van der Waals surface area contributed by atoms with Gasteiger partial charge in [0, 0.05) is 50.0 Å². The van der Waals surface area contributed by atoms with E-state index in [1.165, 1.54) is 18.2 Å². The fraction of sp³-hybridized carbons (Fsp3) is 0.429. The van der Waals surface area contributed by atoms with Gasteiger partial charge in [0.05, 0.1) is 17.2 Å². The van der Waals surface area contributed by atoms with Crippen LogP contribution in [0.25, 0.3) is 0 Å². The van der Waals surface area contributed by atoms with Crippen LogP contribution in [0.15, 0.2) is 42.7 Å². The number of carbonyl (C=O) groups excluding carboxylic acids is 1. The Morgan fingerprint density at radius 2 is 2.04 bits per heavy atom. The van der Waals surface area contributed by atoms with Crippen LogP contribution in [0.2, 0.25) is 5.02 Å². The number of hydrogen-bond acceptors (Lipinski definition) is 4. The Hall–Kier alpha value is -2.18. The molecular formula is C21H22ClFN2O3. The standard InChI is InChI=1S/C21H22ClFN2O3/c22-19-2-1-16(23)11-18(19)20(26)25-12-15(13-28-17-3-7-24-8-4-17)21(14-25)5-9-27-10-6-21/h1-4,7-8,11,15H,5-6,9-10,12-14H2. The third kappa shape index (κ3) is 3.84. The molecule has 1 aromatic heterocycles. The molecule has 2 aliphatic heterocycles. The monoisotopic (exact) mass is 404 g/mol. The van der Waals surface area contributed by atoms with Gasteiger partial charge >= 0.3 is 0 Å². The molecule has 2 aliphatic rings. The Morgan fingerprint density at radius 3 is 2.79 bits per heavy atom. The number of likely N-dealkylation sites (tertiary alicyclic amines) is 1. The first kappa shape index (κ1) is 19.2. The Bertz CT molecular complexity index is 843. The van der Waals surface area contributed by atoms with Crippen LogP contribution in [-0.2, 0) is 4.74 Å². The maximum Gasteiger partial charge on any atom is 0.255 e. The molecule has 1 unspecified atom stereocenters. The second kappa shape index (κ2) is 8.05. The average Bonchev–Trinajstić information content (AvgIpc) is 3.06. The number of hydrogen-bond donors (Lipinski definition) is 0. The molecule has 1 atom stereocenters. The van der Waals surface area contributed by atoms with Crippen molar-refractivity contribution in [2.45, 2.75) is 12.8 Å². The molecule has 2 saturated heterocycles.